The Bertz CT molecular complexity index is 1870. The van der Waals surface area contributed by atoms with Crippen LogP contribution in [0.3, 0.4) is 0 Å². The average molecular weight is 556 g/mol. The first-order valence-electron chi connectivity index (χ1n) is 13.3. The first-order valence-corrected chi connectivity index (χ1v) is 13.3. The number of ketones is 1. The molecule has 0 aliphatic carbocycles. The van der Waals surface area contributed by atoms with E-state index >= 15 is 4.39 Å². The highest BCUT2D eigenvalue weighted by Gasteiger charge is 2.22. The minimum absolute atomic E-state index is 0.0704. The molecule has 0 amide bonds. The summed E-state index contributed by atoms with van der Waals surface area (Å²) in [5.74, 6) is -0.0231. The lowest BCUT2D eigenvalue weighted by Gasteiger charge is -2.16. The Morgan fingerprint density at radius 3 is 2.29 bits per heavy atom. The minimum atomic E-state index is -0.669. The number of halogens is 1. The Labute approximate surface area is 236 Å². The van der Waals surface area contributed by atoms with Gasteiger partial charge in [0.1, 0.15) is 6.33 Å². The van der Waals surface area contributed by atoms with Crippen LogP contribution in [0.2, 0.25) is 0 Å². The summed E-state index contributed by atoms with van der Waals surface area (Å²) in [6.45, 7) is 3.92. The van der Waals surface area contributed by atoms with Gasteiger partial charge < -0.3 is 18.8 Å². The summed E-state index contributed by atoms with van der Waals surface area (Å²) in [5, 5.41) is 1.02. The third-order valence-electron chi connectivity index (χ3n) is 7.28. The maximum atomic E-state index is 15.2. The second-order valence-corrected chi connectivity index (χ2v) is 9.64. The molecule has 5 rings (SSSR count). The monoisotopic (exact) mass is 555 g/mol. The highest BCUT2D eigenvalue weighted by atomic mass is 19.1. The molecule has 0 radical (unpaired) electrons. The number of Topliss-reactive ketones (excluding diaryl/α,β-unsaturated/α-hetero) is 1. The SMILES string of the molecule is CCc1ccc2c(c1)c(=O)c(C(=O)Cc1ccc(Oc3ncnc4cc(OC)c(OC)cc34)c(F)c1)c(CC)n2C. The van der Waals surface area contributed by atoms with E-state index in [4.69, 9.17) is 14.2 Å². The number of pyridine rings is 1. The summed E-state index contributed by atoms with van der Waals surface area (Å²) in [6, 6.07) is 13.4. The largest absolute Gasteiger partial charge is 0.493 e. The third-order valence-corrected chi connectivity index (χ3v) is 7.28. The summed E-state index contributed by atoms with van der Waals surface area (Å²) in [6.07, 6.45) is 2.46. The normalized spacial score (nSPS) is 11.2. The van der Waals surface area contributed by atoms with E-state index in [0.29, 0.717) is 45.5 Å². The number of hydrogen-bond donors (Lipinski definition) is 0. The van der Waals surface area contributed by atoms with Gasteiger partial charge in [-0.25, -0.2) is 14.4 Å². The first kappa shape index (κ1) is 27.8. The van der Waals surface area contributed by atoms with E-state index < -0.39 is 5.82 Å². The van der Waals surface area contributed by atoms with Crippen molar-refractivity contribution in [2.75, 3.05) is 14.2 Å². The van der Waals surface area contributed by atoms with E-state index in [-0.39, 0.29) is 34.8 Å². The molecule has 8 nitrogen and oxygen atoms in total. The number of nitrogens with zero attached hydrogens (tertiary/aromatic N) is 3. The van der Waals surface area contributed by atoms with Gasteiger partial charge in [0.05, 0.1) is 36.2 Å². The quantitative estimate of drug-likeness (QED) is 0.207. The van der Waals surface area contributed by atoms with Gasteiger partial charge in [-0.15, -0.1) is 0 Å². The van der Waals surface area contributed by atoms with Gasteiger partial charge in [0.2, 0.25) is 5.88 Å². The molecule has 5 aromatic rings. The van der Waals surface area contributed by atoms with Gasteiger partial charge in [-0.2, -0.15) is 0 Å². The number of hydrogen-bond acceptors (Lipinski definition) is 7. The average Bonchev–Trinajstić information content (AvgIpc) is 2.99. The molecule has 210 valence electrons. The fourth-order valence-electron chi connectivity index (χ4n) is 5.11. The van der Waals surface area contributed by atoms with E-state index in [0.717, 1.165) is 17.5 Å². The van der Waals surface area contributed by atoms with Crippen LogP contribution in [0.1, 0.15) is 41.0 Å². The molecule has 0 saturated heterocycles. The summed E-state index contributed by atoms with van der Waals surface area (Å²) in [7, 11) is 4.89. The van der Waals surface area contributed by atoms with Crippen molar-refractivity contribution in [1.82, 2.24) is 14.5 Å². The number of aryl methyl sites for hydroxylation is 2. The molecule has 0 fully saturated rings. The highest BCUT2D eigenvalue weighted by Crippen LogP contribution is 2.36. The van der Waals surface area contributed by atoms with Crippen molar-refractivity contribution >= 4 is 27.6 Å². The number of ether oxygens (including phenoxy) is 3. The smallest absolute Gasteiger partial charge is 0.230 e. The van der Waals surface area contributed by atoms with Crippen LogP contribution >= 0.6 is 0 Å². The zero-order chi connectivity index (χ0) is 29.3. The second kappa shape index (κ2) is 11.4. The number of rotatable bonds is 9. The number of carbonyl (C=O) groups excluding carboxylic acids is 1. The molecule has 0 N–H and O–H groups in total. The van der Waals surface area contributed by atoms with Gasteiger partial charge >= 0.3 is 0 Å². The molecule has 41 heavy (non-hydrogen) atoms. The first-order chi connectivity index (χ1) is 19.8. The fourth-order valence-corrected chi connectivity index (χ4v) is 5.11. The lowest BCUT2D eigenvalue weighted by molar-refractivity contribution is 0.0990. The molecule has 0 spiro atoms. The van der Waals surface area contributed by atoms with Crippen LogP contribution in [0.4, 0.5) is 4.39 Å². The van der Waals surface area contributed by atoms with Crippen LogP contribution in [-0.2, 0) is 26.3 Å². The maximum absolute atomic E-state index is 15.2. The van der Waals surface area contributed by atoms with E-state index in [9.17, 15) is 9.59 Å². The Balaban J connectivity index is 1.46. The van der Waals surface area contributed by atoms with Gasteiger partial charge in [0, 0.05) is 30.6 Å². The lowest BCUT2D eigenvalue weighted by atomic mass is 9.97. The molecule has 0 bridgehead atoms. The number of carbonyl (C=O) groups is 1. The number of benzene rings is 3. The van der Waals surface area contributed by atoms with Crippen molar-refractivity contribution in [1.29, 1.82) is 0 Å². The summed E-state index contributed by atoms with van der Waals surface area (Å²) in [5.41, 5.74) is 3.26. The van der Waals surface area contributed by atoms with Crippen molar-refractivity contribution in [3.63, 3.8) is 0 Å². The number of methoxy groups -OCH3 is 2. The van der Waals surface area contributed by atoms with Crippen LogP contribution in [0, 0.1) is 5.82 Å². The molecule has 0 aliphatic heterocycles. The predicted octanol–water partition coefficient (Wildman–Crippen LogP) is 5.98. The zero-order valence-electron chi connectivity index (χ0n) is 23.6. The van der Waals surface area contributed by atoms with Gasteiger partial charge in [-0.1, -0.05) is 26.0 Å². The molecular weight excluding hydrogens is 525 g/mol. The predicted molar refractivity (Wildman–Crippen MR) is 155 cm³/mol. The van der Waals surface area contributed by atoms with Crippen molar-refractivity contribution in [2.45, 2.75) is 33.1 Å². The highest BCUT2D eigenvalue weighted by molar-refractivity contribution is 6.01. The van der Waals surface area contributed by atoms with Crippen molar-refractivity contribution in [3.8, 4) is 23.1 Å². The second-order valence-electron chi connectivity index (χ2n) is 9.64. The van der Waals surface area contributed by atoms with Crippen LogP contribution < -0.4 is 19.6 Å². The van der Waals surface area contributed by atoms with Crippen LogP contribution in [0.5, 0.6) is 23.1 Å². The summed E-state index contributed by atoms with van der Waals surface area (Å²) >= 11 is 0. The Morgan fingerprint density at radius 2 is 1.61 bits per heavy atom. The zero-order valence-corrected chi connectivity index (χ0v) is 23.6. The van der Waals surface area contributed by atoms with Gasteiger partial charge in [-0.3, -0.25) is 9.59 Å². The molecule has 3 aromatic carbocycles. The van der Waals surface area contributed by atoms with Crippen LogP contribution in [-0.4, -0.2) is 34.5 Å². The minimum Gasteiger partial charge on any atom is -0.493 e. The van der Waals surface area contributed by atoms with E-state index in [2.05, 4.69) is 9.97 Å². The van der Waals surface area contributed by atoms with Crippen LogP contribution in [0.25, 0.3) is 21.8 Å². The third kappa shape index (κ3) is 5.11. The van der Waals surface area contributed by atoms with Crippen LogP contribution in [0.15, 0.2) is 59.7 Å². The van der Waals surface area contributed by atoms with Gasteiger partial charge in [-0.05, 0) is 54.3 Å². The molecule has 0 atom stereocenters. The van der Waals surface area contributed by atoms with Gasteiger partial charge in [0.15, 0.2) is 34.3 Å². The molecule has 0 unspecified atom stereocenters. The number of fused-ring (bicyclic) bond motifs is 2. The maximum Gasteiger partial charge on any atom is 0.230 e. The molecule has 2 aromatic heterocycles. The Hall–Kier alpha value is -4.79. The lowest BCUT2D eigenvalue weighted by Crippen LogP contribution is -2.24. The Morgan fingerprint density at radius 1 is 0.878 bits per heavy atom. The molecule has 2 heterocycles. The topological polar surface area (TPSA) is 92.5 Å². The number of aromatic nitrogens is 3. The Kier molecular flexibility index (Phi) is 7.70. The van der Waals surface area contributed by atoms with Crippen molar-refractivity contribution in [3.05, 3.63) is 93.3 Å². The van der Waals surface area contributed by atoms with E-state index in [1.54, 1.807) is 18.2 Å². The van der Waals surface area contributed by atoms with Crippen molar-refractivity contribution < 1.29 is 23.4 Å². The fraction of sp³-hybridized carbons (Fsp3) is 0.250. The van der Waals surface area contributed by atoms with E-state index in [1.165, 1.54) is 32.7 Å². The van der Waals surface area contributed by atoms with Crippen molar-refractivity contribution in [2.24, 2.45) is 7.05 Å². The molecule has 0 aliphatic rings. The van der Waals surface area contributed by atoms with Gasteiger partial charge in [0.25, 0.3) is 0 Å². The molecule has 0 saturated carbocycles. The molecular formula is C32H30FN3O5. The standard InChI is InChI=1S/C32H30FN3O5/c1-6-18-8-10-25-21(12-18)31(38)30(24(7-2)36(25)3)26(37)14-19-9-11-27(22(33)13-19)41-32-20-15-28(39-4)29(40-5)16-23(20)34-17-35-32/h8-13,15-17H,6-7,14H2,1-5H3. The summed E-state index contributed by atoms with van der Waals surface area (Å²) < 4.78 is 33.7. The molecule has 9 heteroatoms. The van der Waals surface area contributed by atoms with E-state index in [1.807, 2.05) is 43.7 Å². The summed E-state index contributed by atoms with van der Waals surface area (Å²) in [4.78, 5) is 35.4.